The Morgan fingerprint density at radius 1 is 1.22 bits per heavy atom. The molecule has 3 heteroatoms. The van der Waals surface area contributed by atoms with Gasteiger partial charge in [-0.1, -0.05) is 37.6 Å². The minimum atomic E-state index is 0. The maximum absolute atomic E-state index is 2.24. The van der Waals surface area contributed by atoms with Crippen LogP contribution in [0.2, 0.25) is 0 Å². The van der Waals surface area contributed by atoms with Gasteiger partial charge in [0.2, 0.25) is 0 Å². The first-order valence-electron chi connectivity index (χ1n) is 5.76. The van der Waals surface area contributed by atoms with Crippen molar-refractivity contribution >= 4 is 3.21 Å². The van der Waals surface area contributed by atoms with Crippen LogP contribution in [0, 0.1) is 0 Å². The Bertz CT molecular complexity index is 386. The van der Waals surface area contributed by atoms with Gasteiger partial charge in [-0.25, -0.2) is 12.1 Å². The average molecular weight is 361 g/mol. The Balaban J connectivity index is 0. The quantitative estimate of drug-likeness (QED) is 0.531. The monoisotopic (exact) mass is 359 g/mol. The molecular weight excluding hydrogens is 342 g/mol. The second-order valence-corrected chi connectivity index (χ2v) is 6.61. The van der Waals surface area contributed by atoms with Gasteiger partial charge < -0.3 is 24.8 Å². The van der Waals surface area contributed by atoms with E-state index in [9.17, 15) is 0 Å². The SMILES string of the molecule is CC[c-]1cccc1C1C=CC=C1.C[C](C)=[Zr+2].[Cl-].[Cl-]. The van der Waals surface area contributed by atoms with Gasteiger partial charge in [-0.05, 0) is 5.92 Å². The molecule has 0 saturated carbocycles. The van der Waals surface area contributed by atoms with E-state index in [4.69, 9.17) is 0 Å². The molecule has 0 nitrogen and oxygen atoms in total. The third-order valence-electron chi connectivity index (χ3n) is 2.43. The summed E-state index contributed by atoms with van der Waals surface area (Å²) < 4.78 is 1.51. The Labute approximate surface area is 138 Å². The number of aryl methyl sites for hydroxylation is 1. The molecule has 0 heterocycles. The van der Waals surface area contributed by atoms with Gasteiger partial charge in [0.1, 0.15) is 0 Å². The number of hydrogen-bond acceptors (Lipinski definition) is 0. The van der Waals surface area contributed by atoms with Gasteiger partial charge in [0.05, 0.1) is 0 Å². The van der Waals surface area contributed by atoms with Crippen LogP contribution < -0.4 is 24.8 Å². The normalized spacial score (nSPS) is 12.3. The zero-order valence-electron chi connectivity index (χ0n) is 11.1. The van der Waals surface area contributed by atoms with Crippen LogP contribution in [0.1, 0.15) is 37.8 Å². The molecule has 0 bridgehead atoms. The van der Waals surface area contributed by atoms with Crippen molar-refractivity contribution in [1.29, 1.82) is 0 Å². The van der Waals surface area contributed by atoms with E-state index < -0.39 is 0 Å². The minimum absolute atomic E-state index is 0. The number of allylic oxidation sites excluding steroid dienone is 4. The topological polar surface area (TPSA) is 0 Å². The fraction of sp³-hybridized carbons (Fsp3) is 0.333. The Morgan fingerprint density at radius 3 is 2.17 bits per heavy atom. The zero-order valence-corrected chi connectivity index (χ0v) is 15.1. The molecule has 0 spiro atoms. The van der Waals surface area contributed by atoms with Crippen LogP contribution >= 0.6 is 0 Å². The van der Waals surface area contributed by atoms with Crippen molar-refractivity contribution in [2.75, 3.05) is 0 Å². The van der Waals surface area contributed by atoms with Gasteiger partial charge in [0.15, 0.2) is 0 Å². The van der Waals surface area contributed by atoms with Gasteiger partial charge in [-0.2, -0.15) is 17.2 Å². The van der Waals surface area contributed by atoms with Crippen LogP contribution in [-0.4, -0.2) is 3.21 Å². The average Bonchev–Trinajstić information content (AvgIpc) is 2.87. The molecule has 0 aliphatic heterocycles. The van der Waals surface area contributed by atoms with Crippen LogP contribution in [0.15, 0.2) is 42.5 Å². The fourth-order valence-corrected chi connectivity index (χ4v) is 1.76. The summed E-state index contributed by atoms with van der Waals surface area (Å²) in [6.07, 6.45) is 9.87. The molecule has 0 atom stereocenters. The van der Waals surface area contributed by atoms with Crippen LogP contribution in [0.5, 0.6) is 0 Å². The Kier molecular flexibility index (Phi) is 12.5. The molecule has 1 aliphatic carbocycles. The molecule has 18 heavy (non-hydrogen) atoms. The first-order valence-corrected chi connectivity index (χ1v) is 6.99. The van der Waals surface area contributed by atoms with E-state index in [0.29, 0.717) is 5.92 Å². The molecule has 1 aromatic rings. The summed E-state index contributed by atoms with van der Waals surface area (Å²) in [5, 5.41) is 0. The van der Waals surface area contributed by atoms with E-state index in [1.54, 1.807) is 24.2 Å². The third kappa shape index (κ3) is 6.93. The van der Waals surface area contributed by atoms with E-state index in [2.05, 4.69) is 63.3 Å². The number of rotatable bonds is 2. The van der Waals surface area contributed by atoms with Gasteiger partial charge in [0.25, 0.3) is 0 Å². The van der Waals surface area contributed by atoms with Crippen molar-refractivity contribution in [2.45, 2.75) is 33.1 Å². The van der Waals surface area contributed by atoms with Gasteiger partial charge in [-0.3, -0.25) is 0 Å². The summed E-state index contributed by atoms with van der Waals surface area (Å²) in [5.41, 5.74) is 2.96. The zero-order chi connectivity index (χ0) is 12.0. The first kappa shape index (κ1) is 20.5. The molecule has 98 valence electrons. The molecule has 0 N–H and O–H groups in total. The summed E-state index contributed by atoms with van der Waals surface area (Å²) in [5.74, 6) is 0.537. The van der Waals surface area contributed by atoms with E-state index in [1.807, 2.05) is 0 Å². The molecular formula is C15H19Cl2Zr-. The van der Waals surface area contributed by atoms with Crippen molar-refractivity contribution in [3.63, 3.8) is 0 Å². The summed E-state index contributed by atoms with van der Waals surface area (Å²) >= 11 is 1.55. The molecule has 0 unspecified atom stereocenters. The van der Waals surface area contributed by atoms with Crippen molar-refractivity contribution in [3.8, 4) is 0 Å². The van der Waals surface area contributed by atoms with Crippen molar-refractivity contribution in [2.24, 2.45) is 0 Å². The first-order chi connectivity index (χ1) is 7.65. The van der Waals surface area contributed by atoms with E-state index >= 15 is 0 Å². The summed E-state index contributed by atoms with van der Waals surface area (Å²) in [7, 11) is 0. The van der Waals surface area contributed by atoms with E-state index in [-0.39, 0.29) is 24.8 Å². The number of halogens is 2. The van der Waals surface area contributed by atoms with Gasteiger partial charge in [0, 0.05) is 0 Å². The van der Waals surface area contributed by atoms with Crippen LogP contribution in [0.4, 0.5) is 0 Å². The summed E-state index contributed by atoms with van der Waals surface area (Å²) in [6, 6.07) is 6.59. The molecule has 1 aliphatic rings. The van der Waals surface area contributed by atoms with Crippen molar-refractivity contribution in [3.05, 3.63) is 53.6 Å². The molecule has 2 rings (SSSR count). The molecule has 0 aromatic heterocycles. The maximum atomic E-state index is 2.24. The molecule has 0 amide bonds. The predicted octanol–water partition coefficient (Wildman–Crippen LogP) is -2.07. The van der Waals surface area contributed by atoms with Crippen LogP contribution in [0.3, 0.4) is 0 Å². The second kappa shape index (κ2) is 11.0. The summed E-state index contributed by atoms with van der Waals surface area (Å²) in [4.78, 5) is 0. The van der Waals surface area contributed by atoms with E-state index in [0.717, 1.165) is 6.42 Å². The predicted molar refractivity (Wildman–Crippen MR) is 68.8 cm³/mol. The van der Waals surface area contributed by atoms with Crippen molar-refractivity contribution in [1.82, 2.24) is 0 Å². The van der Waals surface area contributed by atoms with Crippen molar-refractivity contribution < 1.29 is 49.0 Å². The Hall–Kier alpha value is 0.163. The molecule has 0 fully saturated rings. The molecule has 0 saturated heterocycles. The van der Waals surface area contributed by atoms with Crippen LogP contribution in [-0.2, 0) is 30.7 Å². The smallest absolute Gasteiger partial charge is 1.00 e. The van der Waals surface area contributed by atoms with Gasteiger partial charge >= 0.3 is 41.3 Å². The largest absolute Gasteiger partial charge is 1.00 e. The minimum Gasteiger partial charge on any atom is -1.00 e. The van der Waals surface area contributed by atoms with Gasteiger partial charge in [-0.15, -0.1) is 0 Å². The fourth-order valence-electron chi connectivity index (χ4n) is 1.76. The van der Waals surface area contributed by atoms with E-state index in [1.165, 1.54) is 14.3 Å². The molecule has 0 radical (unpaired) electrons. The Morgan fingerprint density at radius 2 is 1.72 bits per heavy atom. The molecule has 1 aromatic carbocycles. The second-order valence-electron chi connectivity index (χ2n) is 4.16. The third-order valence-corrected chi connectivity index (χ3v) is 2.43. The van der Waals surface area contributed by atoms with Crippen LogP contribution in [0.25, 0.3) is 0 Å². The summed E-state index contributed by atoms with van der Waals surface area (Å²) in [6.45, 7) is 6.46. The maximum Gasteiger partial charge on any atom is -1.00 e. The number of hydrogen-bond donors (Lipinski definition) is 0. The standard InChI is InChI=1S/C12H13.C3H6.2ClH.Zr/c1-2-10-8-5-9-12(10)11-6-3-4-7-11;1-3-2;;;/h3-9,11H,2H2,1H3;1-2H3;2*1H;/q-1;;;;+2/p-2.